The minimum Gasteiger partial charge on any atom is -0.353 e. The van der Waals surface area contributed by atoms with Crippen LogP contribution in [0.1, 0.15) is 38.3 Å². The van der Waals surface area contributed by atoms with Crippen molar-refractivity contribution in [3.63, 3.8) is 0 Å². The van der Waals surface area contributed by atoms with Crippen LogP contribution in [0.15, 0.2) is 24.3 Å². The van der Waals surface area contributed by atoms with E-state index in [2.05, 4.69) is 24.1 Å². The molecule has 1 aromatic carbocycles. The van der Waals surface area contributed by atoms with Gasteiger partial charge in [-0.1, -0.05) is 43.6 Å². The van der Waals surface area contributed by atoms with Crippen LogP contribution in [0.2, 0.25) is 5.02 Å². The van der Waals surface area contributed by atoms with Gasteiger partial charge in [-0.05, 0) is 37.6 Å². The van der Waals surface area contributed by atoms with E-state index in [4.69, 9.17) is 11.6 Å². The number of nitrogens with zero attached hydrogens (tertiary/aromatic N) is 2. The Kier molecular flexibility index (Phi) is 7.46. The molecule has 0 spiro atoms. The molecule has 1 saturated heterocycles. The van der Waals surface area contributed by atoms with E-state index in [1.165, 1.54) is 4.31 Å². The minimum absolute atomic E-state index is 0.0595. The molecule has 1 aliphatic rings. The molecule has 0 bridgehead atoms. The van der Waals surface area contributed by atoms with Gasteiger partial charge < -0.3 is 5.32 Å². The highest BCUT2D eigenvalue weighted by Crippen LogP contribution is 2.27. The van der Waals surface area contributed by atoms with Crippen molar-refractivity contribution in [3.05, 3.63) is 34.9 Å². The van der Waals surface area contributed by atoms with Crippen molar-refractivity contribution >= 4 is 27.5 Å². The van der Waals surface area contributed by atoms with Crippen molar-refractivity contribution in [2.24, 2.45) is 0 Å². The fourth-order valence-corrected chi connectivity index (χ4v) is 4.95. The van der Waals surface area contributed by atoms with Crippen molar-refractivity contribution in [2.75, 3.05) is 32.4 Å². The summed E-state index contributed by atoms with van der Waals surface area (Å²) in [6, 6.07) is 6.95. The van der Waals surface area contributed by atoms with E-state index in [9.17, 15) is 13.2 Å². The Morgan fingerprint density at radius 1 is 1.35 bits per heavy atom. The van der Waals surface area contributed by atoms with Crippen molar-refractivity contribution < 1.29 is 13.2 Å². The van der Waals surface area contributed by atoms with Crippen LogP contribution in [-0.2, 0) is 14.8 Å². The second kappa shape index (κ2) is 9.17. The number of benzene rings is 1. The van der Waals surface area contributed by atoms with Crippen molar-refractivity contribution in [2.45, 2.75) is 38.8 Å². The van der Waals surface area contributed by atoms with E-state index in [-0.39, 0.29) is 11.9 Å². The summed E-state index contributed by atoms with van der Waals surface area (Å²) in [6.45, 7) is 6.57. The number of sulfonamides is 1. The number of hydrogen-bond acceptors (Lipinski definition) is 4. The summed E-state index contributed by atoms with van der Waals surface area (Å²) in [5.41, 5.74) is 0.963. The van der Waals surface area contributed by atoms with Gasteiger partial charge in [0.1, 0.15) is 6.04 Å². The number of likely N-dealkylation sites (N-methyl/N-ethyl adjacent to an activating group) is 1. The van der Waals surface area contributed by atoms with Gasteiger partial charge in [0.2, 0.25) is 15.9 Å². The topological polar surface area (TPSA) is 69.7 Å². The van der Waals surface area contributed by atoms with Crippen LogP contribution in [0.25, 0.3) is 0 Å². The summed E-state index contributed by atoms with van der Waals surface area (Å²) in [4.78, 5) is 14.9. The Morgan fingerprint density at radius 2 is 2.00 bits per heavy atom. The Labute approximate surface area is 161 Å². The SMILES string of the molecule is CCN(CC)C(CNC(=O)C1CCCN1S(C)(=O)=O)c1ccccc1Cl. The molecule has 1 amide bonds. The van der Waals surface area contributed by atoms with Crippen LogP contribution in [0.3, 0.4) is 0 Å². The molecule has 1 aliphatic heterocycles. The van der Waals surface area contributed by atoms with Crippen LogP contribution in [0.4, 0.5) is 0 Å². The van der Waals surface area contributed by atoms with E-state index >= 15 is 0 Å². The summed E-state index contributed by atoms with van der Waals surface area (Å²) in [5, 5.41) is 3.62. The fourth-order valence-electron chi connectivity index (χ4n) is 3.56. The largest absolute Gasteiger partial charge is 0.353 e. The molecular formula is C18H28ClN3O3S. The molecule has 1 fully saturated rings. The smallest absolute Gasteiger partial charge is 0.238 e. The van der Waals surface area contributed by atoms with Gasteiger partial charge in [-0.2, -0.15) is 4.31 Å². The third kappa shape index (κ3) is 4.97. The standard InChI is InChI=1S/C18H28ClN3O3S/c1-4-21(5-2)17(14-9-6-7-10-15(14)19)13-20-18(23)16-11-8-12-22(16)26(3,24)25/h6-7,9-10,16-17H,4-5,8,11-13H2,1-3H3,(H,20,23). The highest BCUT2D eigenvalue weighted by molar-refractivity contribution is 7.88. The van der Waals surface area contributed by atoms with Gasteiger partial charge in [0.15, 0.2) is 0 Å². The summed E-state index contributed by atoms with van der Waals surface area (Å²) >= 11 is 6.38. The van der Waals surface area contributed by atoms with E-state index in [0.29, 0.717) is 31.0 Å². The van der Waals surface area contributed by atoms with Crippen LogP contribution in [0.5, 0.6) is 0 Å². The summed E-state index contributed by atoms with van der Waals surface area (Å²) in [5.74, 6) is -0.239. The maximum Gasteiger partial charge on any atom is 0.238 e. The zero-order chi connectivity index (χ0) is 19.3. The monoisotopic (exact) mass is 401 g/mol. The Bertz CT molecular complexity index is 722. The number of hydrogen-bond donors (Lipinski definition) is 1. The van der Waals surface area contributed by atoms with Crippen molar-refractivity contribution in [1.82, 2.24) is 14.5 Å². The van der Waals surface area contributed by atoms with Crippen LogP contribution in [0, 0.1) is 0 Å². The molecule has 26 heavy (non-hydrogen) atoms. The summed E-state index contributed by atoms with van der Waals surface area (Å²) in [7, 11) is -3.38. The molecule has 1 N–H and O–H groups in total. The third-order valence-electron chi connectivity index (χ3n) is 4.92. The van der Waals surface area contributed by atoms with Gasteiger partial charge in [0.05, 0.1) is 12.3 Å². The van der Waals surface area contributed by atoms with E-state index in [1.807, 2.05) is 24.3 Å². The highest BCUT2D eigenvalue weighted by Gasteiger charge is 2.36. The number of nitrogens with one attached hydrogen (secondary N) is 1. The molecule has 2 rings (SSSR count). The lowest BCUT2D eigenvalue weighted by atomic mass is 10.0. The van der Waals surface area contributed by atoms with E-state index < -0.39 is 16.1 Å². The second-order valence-electron chi connectivity index (χ2n) is 6.54. The number of carbonyl (C=O) groups is 1. The molecule has 1 aromatic rings. The molecule has 0 aromatic heterocycles. The zero-order valence-electron chi connectivity index (χ0n) is 15.6. The van der Waals surface area contributed by atoms with Gasteiger partial charge >= 0.3 is 0 Å². The molecule has 0 saturated carbocycles. The van der Waals surface area contributed by atoms with E-state index in [1.54, 1.807) is 0 Å². The quantitative estimate of drug-likeness (QED) is 0.725. The van der Waals surface area contributed by atoms with Crippen LogP contribution >= 0.6 is 11.6 Å². The molecule has 2 unspecified atom stereocenters. The lowest BCUT2D eigenvalue weighted by Gasteiger charge is -2.31. The van der Waals surface area contributed by atoms with Gasteiger partial charge in [-0.3, -0.25) is 9.69 Å². The summed E-state index contributed by atoms with van der Waals surface area (Å²) < 4.78 is 25.0. The zero-order valence-corrected chi connectivity index (χ0v) is 17.2. The molecule has 8 heteroatoms. The lowest BCUT2D eigenvalue weighted by molar-refractivity contribution is -0.124. The average molecular weight is 402 g/mol. The first-order valence-electron chi connectivity index (χ1n) is 9.02. The number of amides is 1. The van der Waals surface area contributed by atoms with E-state index in [0.717, 1.165) is 24.9 Å². The molecule has 0 radical (unpaired) electrons. The second-order valence-corrected chi connectivity index (χ2v) is 8.88. The first-order chi connectivity index (χ1) is 12.3. The third-order valence-corrected chi connectivity index (χ3v) is 6.55. The summed E-state index contributed by atoms with van der Waals surface area (Å²) in [6.07, 6.45) is 2.41. The van der Waals surface area contributed by atoms with Gasteiger partial charge in [-0.15, -0.1) is 0 Å². The fraction of sp³-hybridized carbons (Fsp3) is 0.611. The van der Waals surface area contributed by atoms with Crippen molar-refractivity contribution in [1.29, 1.82) is 0 Å². The Hall–Kier alpha value is -1.15. The first-order valence-corrected chi connectivity index (χ1v) is 11.2. The number of carbonyl (C=O) groups excluding carboxylic acids is 1. The number of halogens is 1. The normalized spacial score (nSPS) is 19.7. The number of rotatable bonds is 8. The maximum atomic E-state index is 12.7. The van der Waals surface area contributed by atoms with Crippen LogP contribution in [-0.4, -0.2) is 62.0 Å². The Balaban J connectivity index is 2.14. The Morgan fingerprint density at radius 3 is 2.58 bits per heavy atom. The molecule has 6 nitrogen and oxygen atoms in total. The highest BCUT2D eigenvalue weighted by atomic mass is 35.5. The molecule has 1 heterocycles. The van der Waals surface area contributed by atoms with Gasteiger partial charge in [0.25, 0.3) is 0 Å². The minimum atomic E-state index is -3.38. The predicted molar refractivity (Wildman–Crippen MR) is 105 cm³/mol. The molecule has 146 valence electrons. The molecule has 2 atom stereocenters. The lowest BCUT2D eigenvalue weighted by Crippen LogP contribution is -2.47. The van der Waals surface area contributed by atoms with Crippen molar-refractivity contribution in [3.8, 4) is 0 Å². The maximum absolute atomic E-state index is 12.7. The first kappa shape index (κ1) is 21.2. The van der Waals surface area contributed by atoms with Crippen LogP contribution < -0.4 is 5.32 Å². The van der Waals surface area contributed by atoms with Gasteiger partial charge in [0, 0.05) is 18.1 Å². The molecular weight excluding hydrogens is 374 g/mol. The predicted octanol–water partition coefficient (Wildman–Crippen LogP) is 2.26. The van der Waals surface area contributed by atoms with Gasteiger partial charge in [-0.25, -0.2) is 8.42 Å². The average Bonchev–Trinajstić information content (AvgIpc) is 3.09. The molecule has 0 aliphatic carbocycles.